The first kappa shape index (κ1) is 11.7. The molecule has 0 saturated carbocycles. The van der Waals surface area contributed by atoms with E-state index in [4.69, 9.17) is 5.73 Å². The molecule has 2 amide bonds. The summed E-state index contributed by atoms with van der Waals surface area (Å²) in [4.78, 5) is 16.2. The van der Waals surface area contributed by atoms with Gasteiger partial charge in [-0.3, -0.25) is 0 Å². The highest BCUT2D eigenvalue weighted by Gasteiger charge is 2.27. The average Bonchev–Trinajstić information content (AvgIpc) is 2.29. The van der Waals surface area contributed by atoms with Gasteiger partial charge in [-0.05, 0) is 31.6 Å². The monoisotopic (exact) mass is 225 g/mol. The number of urea groups is 1. The van der Waals surface area contributed by atoms with Crippen molar-refractivity contribution in [1.82, 2.24) is 9.80 Å². The highest BCUT2D eigenvalue weighted by molar-refractivity contribution is 5.74. The molecule has 2 N–H and O–H groups in total. The van der Waals surface area contributed by atoms with Gasteiger partial charge in [0.2, 0.25) is 0 Å². The van der Waals surface area contributed by atoms with Gasteiger partial charge in [0, 0.05) is 32.2 Å². The molecular weight excluding hydrogens is 202 g/mol. The van der Waals surface area contributed by atoms with Crippen LogP contribution in [0, 0.1) is 5.92 Å². The van der Waals surface area contributed by atoms with Crippen molar-refractivity contribution in [3.63, 3.8) is 0 Å². The van der Waals surface area contributed by atoms with Crippen molar-refractivity contribution in [1.29, 1.82) is 0 Å². The number of rotatable bonds is 0. The van der Waals surface area contributed by atoms with E-state index in [0.717, 1.165) is 45.4 Å². The van der Waals surface area contributed by atoms with Crippen LogP contribution in [0.4, 0.5) is 4.79 Å². The second-order valence-corrected chi connectivity index (χ2v) is 5.30. The highest BCUT2D eigenvalue weighted by atomic mass is 16.2. The number of carbonyl (C=O) groups is 1. The van der Waals surface area contributed by atoms with E-state index in [0.29, 0.717) is 12.0 Å². The van der Waals surface area contributed by atoms with E-state index in [1.165, 1.54) is 6.42 Å². The van der Waals surface area contributed by atoms with Crippen LogP contribution in [0.25, 0.3) is 0 Å². The van der Waals surface area contributed by atoms with Gasteiger partial charge in [0.05, 0.1) is 0 Å². The van der Waals surface area contributed by atoms with Crippen LogP contribution in [-0.4, -0.2) is 48.1 Å². The number of nitrogens with two attached hydrogens (primary N) is 1. The minimum atomic E-state index is 0.235. The minimum absolute atomic E-state index is 0.235. The van der Waals surface area contributed by atoms with Gasteiger partial charge < -0.3 is 15.5 Å². The maximum absolute atomic E-state index is 12.2. The van der Waals surface area contributed by atoms with Crippen LogP contribution in [0.1, 0.15) is 32.6 Å². The lowest BCUT2D eigenvalue weighted by atomic mass is 10.0. The summed E-state index contributed by atoms with van der Waals surface area (Å²) in [5.74, 6) is 0.657. The fourth-order valence-corrected chi connectivity index (χ4v) is 2.65. The first-order valence-corrected chi connectivity index (χ1v) is 6.46. The van der Waals surface area contributed by atoms with E-state index in [2.05, 4.69) is 6.92 Å². The van der Waals surface area contributed by atoms with Crippen molar-refractivity contribution in [3.8, 4) is 0 Å². The summed E-state index contributed by atoms with van der Waals surface area (Å²) < 4.78 is 0. The van der Waals surface area contributed by atoms with Crippen molar-refractivity contribution >= 4 is 6.03 Å². The zero-order chi connectivity index (χ0) is 11.5. The SMILES string of the molecule is CC1CCCN(C(=O)N2CCC(N)CC2)C1. The van der Waals surface area contributed by atoms with E-state index in [-0.39, 0.29) is 6.03 Å². The van der Waals surface area contributed by atoms with Crippen molar-refractivity contribution < 1.29 is 4.79 Å². The molecule has 2 fully saturated rings. The summed E-state index contributed by atoms with van der Waals surface area (Å²) in [6.07, 6.45) is 4.32. The summed E-state index contributed by atoms with van der Waals surface area (Å²) in [5.41, 5.74) is 5.85. The lowest BCUT2D eigenvalue weighted by molar-refractivity contribution is 0.121. The zero-order valence-corrected chi connectivity index (χ0v) is 10.2. The summed E-state index contributed by atoms with van der Waals surface area (Å²) in [6.45, 7) is 5.77. The van der Waals surface area contributed by atoms with Gasteiger partial charge in [-0.15, -0.1) is 0 Å². The fraction of sp³-hybridized carbons (Fsp3) is 0.917. The molecule has 1 unspecified atom stereocenters. The van der Waals surface area contributed by atoms with Gasteiger partial charge >= 0.3 is 6.03 Å². The van der Waals surface area contributed by atoms with Crippen molar-refractivity contribution in [2.45, 2.75) is 38.6 Å². The molecule has 0 aromatic rings. The first-order valence-electron chi connectivity index (χ1n) is 6.46. The van der Waals surface area contributed by atoms with Crippen molar-refractivity contribution in [2.24, 2.45) is 11.7 Å². The number of likely N-dealkylation sites (tertiary alicyclic amines) is 2. The Morgan fingerprint density at radius 1 is 1.12 bits per heavy atom. The molecule has 0 aliphatic carbocycles. The lowest BCUT2D eigenvalue weighted by Gasteiger charge is -2.38. The summed E-state index contributed by atoms with van der Waals surface area (Å²) in [7, 11) is 0. The Hall–Kier alpha value is -0.770. The second kappa shape index (κ2) is 5.04. The molecule has 0 bridgehead atoms. The fourth-order valence-electron chi connectivity index (χ4n) is 2.65. The average molecular weight is 225 g/mol. The highest BCUT2D eigenvalue weighted by Crippen LogP contribution is 2.18. The molecule has 2 rings (SSSR count). The predicted molar refractivity (Wildman–Crippen MR) is 64.1 cm³/mol. The molecule has 2 aliphatic rings. The van der Waals surface area contributed by atoms with Crippen LogP contribution in [0.3, 0.4) is 0 Å². The number of hydrogen-bond acceptors (Lipinski definition) is 2. The number of hydrogen-bond donors (Lipinski definition) is 1. The number of nitrogens with zero attached hydrogens (tertiary/aromatic N) is 2. The molecule has 0 spiro atoms. The van der Waals surface area contributed by atoms with Crippen molar-refractivity contribution in [3.05, 3.63) is 0 Å². The molecule has 2 aliphatic heterocycles. The van der Waals surface area contributed by atoms with E-state index >= 15 is 0 Å². The van der Waals surface area contributed by atoms with Gasteiger partial charge in [-0.25, -0.2) is 4.79 Å². The third kappa shape index (κ3) is 2.67. The Bertz CT molecular complexity index is 249. The van der Waals surface area contributed by atoms with E-state index in [1.807, 2.05) is 9.80 Å². The summed E-state index contributed by atoms with van der Waals surface area (Å²) >= 11 is 0. The van der Waals surface area contributed by atoms with E-state index < -0.39 is 0 Å². The standard InChI is InChI=1S/C12H23N3O/c1-10-3-2-6-15(9-10)12(16)14-7-4-11(13)5-8-14/h10-11H,2-9,13H2,1H3. The Morgan fingerprint density at radius 2 is 1.81 bits per heavy atom. The molecule has 4 nitrogen and oxygen atoms in total. The molecular formula is C12H23N3O. The molecule has 1 atom stereocenters. The Kier molecular flexibility index (Phi) is 3.69. The molecule has 2 saturated heterocycles. The summed E-state index contributed by atoms with van der Waals surface area (Å²) in [5, 5.41) is 0. The molecule has 92 valence electrons. The molecule has 0 radical (unpaired) electrons. The van der Waals surface area contributed by atoms with Gasteiger partial charge in [0.25, 0.3) is 0 Å². The Balaban J connectivity index is 1.86. The van der Waals surface area contributed by atoms with Crippen LogP contribution >= 0.6 is 0 Å². The number of carbonyl (C=O) groups excluding carboxylic acids is 1. The van der Waals surface area contributed by atoms with Gasteiger partial charge in [-0.2, -0.15) is 0 Å². The Morgan fingerprint density at radius 3 is 2.44 bits per heavy atom. The molecule has 0 aromatic carbocycles. The normalized spacial score (nSPS) is 28.2. The second-order valence-electron chi connectivity index (χ2n) is 5.30. The largest absolute Gasteiger partial charge is 0.328 e. The van der Waals surface area contributed by atoms with Crippen LogP contribution in [-0.2, 0) is 0 Å². The number of piperidine rings is 2. The van der Waals surface area contributed by atoms with E-state index in [1.54, 1.807) is 0 Å². The first-order chi connectivity index (χ1) is 7.66. The molecule has 16 heavy (non-hydrogen) atoms. The Labute approximate surface area is 97.8 Å². The maximum atomic E-state index is 12.2. The molecule has 0 aromatic heterocycles. The maximum Gasteiger partial charge on any atom is 0.320 e. The van der Waals surface area contributed by atoms with Crippen molar-refractivity contribution in [2.75, 3.05) is 26.2 Å². The summed E-state index contributed by atoms with van der Waals surface area (Å²) in [6, 6.07) is 0.530. The molecule has 4 heteroatoms. The minimum Gasteiger partial charge on any atom is -0.328 e. The number of amides is 2. The van der Waals surface area contributed by atoms with Gasteiger partial charge in [0.15, 0.2) is 0 Å². The predicted octanol–water partition coefficient (Wildman–Crippen LogP) is 1.26. The van der Waals surface area contributed by atoms with Crippen LogP contribution in [0.5, 0.6) is 0 Å². The third-order valence-electron chi connectivity index (χ3n) is 3.74. The smallest absolute Gasteiger partial charge is 0.320 e. The third-order valence-corrected chi connectivity index (χ3v) is 3.74. The molecule has 2 heterocycles. The lowest BCUT2D eigenvalue weighted by Crippen LogP contribution is -2.51. The zero-order valence-electron chi connectivity index (χ0n) is 10.2. The van der Waals surface area contributed by atoms with E-state index in [9.17, 15) is 4.79 Å². The van der Waals surface area contributed by atoms with Crippen LogP contribution in [0.15, 0.2) is 0 Å². The quantitative estimate of drug-likeness (QED) is 0.675. The van der Waals surface area contributed by atoms with Crippen LogP contribution < -0.4 is 5.73 Å². The topological polar surface area (TPSA) is 49.6 Å². The van der Waals surface area contributed by atoms with Gasteiger partial charge in [0.1, 0.15) is 0 Å². The van der Waals surface area contributed by atoms with Crippen LogP contribution in [0.2, 0.25) is 0 Å². The van der Waals surface area contributed by atoms with Gasteiger partial charge in [-0.1, -0.05) is 6.92 Å².